The van der Waals surface area contributed by atoms with Crippen molar-refractivity contribution in [2.24, 2.45) is 0 Å². The second kappa shape index (κ2) is 10.0. The van der Waals surface area contributed by atoms with Crippen LogP contribution in [0.4, 0.5) is 4.79 Å². The molecule has 2 aliphatic heterocycles. The van der Waals surface area contributed by atoms with E-state index < -0.39 is 18.3 Å². The second-order valence-corrected chi connectivity index (χ2v) is 9.77. The summed E-state index contributed by atoms with van der Waals surface area (Å²) in [6.45, 7) is 11.7. The zero-order valence-electron chi connectivity index (χ0n) is 20.7. The molecule has 34 heavy (non-hydrogen) atoms. The number of piperazine rings is 1. The number of amides is 1. The van der Waals surface area contributed by atoms with Crippen LogP contribution in [0.5, 0.6) is 0 Å². The van der Waals surface area contributed by atoms with Gasteiger partial charge in [-0.05, 0) is 44.4 Å². The van der Waals surface area contributed by atoms with E-state index in [-0.39, 0.29) is 12.7 Å². The summed E-state index contributed by atoms with van der Waals surface area (Å²) in [6, 6.07) is 10.0. The van der Waals surface area contributed by atoms with Crippen molar-refractivity contribution in [2.75, 3.05) is 33.3 Å². The Bertz CT molecular complexity index is 990. The maximum absolute atomic E-state index is 12.2. The van der Waals surface area contributed by atoms with E-state index in [2.05, 4.69) is 16.4 Å². The monoisotopic (exact) mass is 467 g/mol. The Morgan fingerprint density at radius 1 is 1.06 bits per heavy atom. The Hall–Kier alpha value is -2.46. The molecule has 1 aromatic carbocycles. The first-order chi connectivity index (χ1) is 16.2. The molecular formula is C25H34BN3O5. The highest BCUT2D eigenvalue weighted by atomic mass is 16.7. The Labute approximate surface area is 202 Å². The molecule has 0 unspecified atom stereocenters. The fourth-order valence-electron chi connectivity index (χ4n) is 3.98. The SMILES string of the molecule is COCc1ncc(-c2ccc(COC(=O)N3CCNCC3)cc2)cc1B1OC(C)(C)C(C)(C)O1. The third-order valence-electron chi connectivity index (χ3n) is 6.82. The fourth-order valence-corrected chi connectivity index (χ4v) is 3.98. The van der Waals surface area contributed by atoms with Gasteiger partial charge < -0.3 is 29.0 Å². The van der Waals surface area contributed by atoms with E-state index in [4.69, 9.17) is 18.8 Å². The number of hydrogen-bond acceptors (Lipinski definition) is 7. The summed E-state index contributed by atoms with van der Waals surface area (Å²) in [6.07, 6.45) is 1.57. The number of aromatic nitrogens is 1. The van der Waals surface area contributed by atoms with Crippen molar-refractivity contribution in [3.05, 3.63) is 47.8 Å². The van der Waals surface area contributed by atoms with Crippen molar-refractivity contribution in [3.63, 3.8) is 0 Å². The van der Waals surface area contributed by atoms with Gasteiger partial charge in [0.25, 0.3) is 0 Å². The van der Waals surface area contributed by atoms with Crippen molar-refractivity contribution >= 4 is 18.7 Å². The van der Waals surface area contributed by atoms with E-state index in [9.17, 15) is 4.79 Å². The standard InChI is InChI=1S/C25H34BN3O5/c1-24(2)25(3,4)34-26(33-24)21-14-20(15-28-22(21)17-31-5)19-8-6-18(7-9-19)16-32-23(30)29-12-10-27-11-13-29/h6-9,14-15,27H,10-13,16-17H2,1-5H3. The molecule has 8 nitrogen and oxygen atoms in total. The van der Waals surface area contributed by atoms with Gasteiger partial charge in [0.2, 0.25) is 0 Å². The van der Waals surface area contributed by atoms with E-state index in [0.29, 0.717) is 19.7 Å². The van der Waals surface area contributed by atoms with E-state index >= 15 is 0 Å². The number of methoxy groups -OCH3 is 1. The largest absolute Gasteiger partial charge is 0.496 e. The van der Waals surface area contributed by atoms with E-state index in [0.717, 1.165) is 40.9 Å². The van der Waals surface area contributed by atoms with Gasteiger partial charge in [-0.25, -0.2) is 4.79 Å². The molecule has 9 heteroatoms. The molecule has 0 aliphatic carbocycles. The highest BCUT2D eigenvalue weighted by molar-refractivity contribution is 6.62. The minimum absolute atomic E-state index is 0.243. The first kappa shape index (κ1) is 24.7. The first-order valence-electron chi connectivity index (χ1n) is 11.8. The highest BCUT2D eigenvalue weighted by Crippen LogP contribution is 2.37. The molecule has 1 aromatic heterocycles. The third-order valence-corrected chi connectivity index (χ3v) is 6.82. The Balaban J connectivity index is 1.48. The number of nitrogens with one attached hydrogen (secondary N) is 1. The van der Waals surface area contributed by atoms with Gasteiger partial charge in [-0.1, -0.05) is 30.3 Å². The molecule has 0 saturated carbocycles. The lowest BCUT2D eigenvalue weighted by molar-refractivity contribution is 0.00578. The normalized spacial score (nSPS) is 19.3. The molecule has 0 spiro atoms. The zero-order chi connectivity index (χ0) is 24.3. The van der Waals surface area contributed by atoms with Gasteiger partial charge in [0.1, 0.15) is 6.61 Å². The predicted molar refractivity (Wildman–Crippen MR) is 131 cm³/mol. The number of hydrogen-bond donors (Lipinski definition) is 1. The molecule has 4 rings (SSSR count). The smallest absolute Gasteiger partial charge is 0.445 e. The van der Waals surface area contributed by atoms with Crippen molar-refractivity contribution in [1.82, 2.24) is 15.2 Å². The fraction of sp³-hybridized carbons (Fsp3) is 0.520. The summed E-state index contributed by atoms with van der Waals surface area (Å²) in [5.41, 5.74) is 3.67. The lowest BCUT2D eigenvalue weighted by atomic mass is 9.77. The lowest BCUT2D eigenvalue weighted by Crippen LogP contribution is -2.46. The Kier molecular flexibility index (Phi) is 7.28. The molecular weight excluding hydrogens is 433 g/mol. The number of ether oxygens (including phenoxy) is 2. The molecule has 1 amide bonds. The van der Waals surface area contributed by atoms with Crippen LogP contribution in [0.1, 0.15) is 39.0 Å². The van der Waals surface area contributed by atoms with Gasteiger partial charge in [-0.15, -0.1) is 0 Å². The topological polar surface area (TPSA) is 82.2 Å². The second-order valence-electron chi connectivity index (χ2n) is 9.77. The minimum atomic E-state index is -0.522. The number of benzene rings is 1. The van der Waals surface area contributed by atoms with Crippen LogP contribution < -0.4 is 10.8 Å². The van der Waals surface area contributed by atoms with Gasteiger partial charge in [-0.2, -0.15) is 0 Å². The van der Waals surface area contributed by atoms with Crippen molar-refractivity contribution in [3.8, 4) is 11.1 Å². The van der Waals surface area contributed by atoms with Crippen LogP contribution in [-0.4, -0.2) is 67.6 Å². The van der Waals surface area contributed by atoms with Crippen molar-refractivity contribution in [1.29, 1.82) is 0 Å². The van der Waals surface area contributed by atoms with Crippen molar-refractivity contribution in [2.45, 2.75) is 52.1 Å². The van der Waals surface area contributed by atoms with Gasteiger partial charge >= 0.3 is 13.2 Å². The van der Waals surface area contributed by atoms with E-state index in [1.54, 1.807) is 12.0 Å². The molecule has 0 atom stereocenters. The number of pyridine rings is 1. The van der Waals surface area contributed by atoms with Crippen LogP contribution in [0.15, 0.2) is 36.5 Å². The average molecular weight is 467 g/mol. The average Bonchev–Trinajstić information content (AvgIpc) is 3.05. The van der Waals surface area contributed by atoms with Crippen LogP contribution >= 0.6 is 0 Å². The maximum Gasteiger partial charge on any atom is 0.496 e. The molecule has 182 valence electrons. The van der Waals surface area contributed by atoms with Crippen LogP contribution in [-0.2, 0) is 32.0 Å². The molecule has 2 saturated heterocycles. The van der Waals surface area contributed by atoms with Crippen LogP contribution in [0, 0.1) is 0 Å². The Morgan fingerprint density at radius 2 is 1.71 bits per heavy atom. The molecule has 1 N–H and O–H groups in total. The van der Waals surface area contributed by atoms with Gasteiger partial charge in [0.15, 0.2) is 0 Å². The summed E-state index contributed by atoms with van der Waals surface area (Å²) in [5.74, 6) is 0. The molecule has 2 aromatic rings. The molecule has 2 fully saturated rings. The number of carbonyl (C=O) groups is 1. The molecule has 0 radical (unpaired) electrons. The minimum Gasteiger partial charge on any atom is -0.445 e. The van der Waals surface area contributed by atoms with E-state index in [1.165, 1.54) is 0 Å². The molecule has 0 bridgehead atoms. The molecule has 3 heterocycles. The quantitative estimate of drug-likeness (QED) is 0.655. The number of rotatable bonds is 6. The van der Waals surface area contributed by atoms with E-state index in [1.807, 2.05) is 58.2 Å². The van der Waals surface area contributed by atoms with Crippen LogP contribution in [0.2, 0.25) is 0 Å². The Morgan fingerprint density at radius 3 is 2.32 bits per heavy atom. The third kappa shape index (κ3) is 5.28. The number of carbonyl (C=O) groups excluding carboxylic acids is 1. The van der Waals surface area contributed by atoms with Crippen LogP contribution in [0.25, 0.3) is 11.1 Å². The van der Waals surface area contributed by atoms with Crippen LogP contribution in [0.3, 0.4) is 0 Å². The summed E-state index contributed by atoms with van der Waals surface area (Å²) < 4.78 is 23.4. The highest BCUT2D eigenvalue weighted by Gasteiger charge is 2.52. The summed E-state index contributed by atoms with van der Waals surface area (Å²) in [5, 5.41) is 3.23. The predicted octanol–water partition coefficient (Wildman–Crippen LogP) is 2.74. The first-order valence-corrected chi connectivity index (χ1v) is 11.8. The van der Waals surface area contributed by atoms with Gasteiger partial charge in [0, 0.05) is 44.9 Å². The van der Waals surface area contributed by atoms with Gasteiger partial charge in [0.05, 0.1) is 23.5 Å². The summed E-state index contributed by atoms with van der Waals surface area (Å²) in [4.78, 5) is 18.6. The lowest BCUT2D eigenvalue weighted by Gasteiger charge is -2.32. The summed E-state index contributed by atoms with van der Waals surface area (Å²) >= 11 is 0. The number of nitrogens with zero attached hydrogens (tertiary/aromatic N) is 2. The van der Waals surface area contributed by atoms with Gasteiger partial charge in [-0.3, -0.25) is 4.98 Å². The molecule has 2 aliphatic rings. The zero-order valence-corrected chi connectivity index (χ0v) is 20.7. The van der Waals surface area contributed by atoms with Crippen molar-refractivity contribution < 1.29 is 23.6 Å². The summed E-state index contributed by atoms with van der Waals surface area (Å²) in [7, 11) is 1.13. The maximum atomic E-state index is 12.2.